The van der Waals surface area contributed by atoms with Gasteiger partial charge in [0.2, 0.25) is 0 Å². The Balaban J connectivity index is 1.53. The Morgan fingerprint density at radius 2 is 1.91 bits per heavy atom. The third-order valence-electron chi connectivity index (χ3n) is 5.47. The number of carbonyl (C=O) groups excluding carboxylic acids is 1. The van der Waals surface area contributed by atoms with Crippen LogP contribution in [-0.2, 0) is 5.60 Å². The van der Waals surface area contributed by atoms with Crippen molar-refractivity contribution in [3.8, 4) is 28.4 Å². The number of aromatic amines is 1. The molecule has 0 spiro atoms. The summed E-state index contributed by atoms with van der Waals surface area (Å²) >= 11 is 9.63. The maximum atomic E-state index is 14.5. The number of aromatic nitrogens is 2. The number of benzene rings is 3. The van der Waals surface area contributed by atoms with E-state index in [1.807, 2.05) is 38.1 Å². The number of hydrogen-bond acceptors (Lipinski definition) is 3. The second-order valence-corrected chi connectivity index (χ2v) is 9.51. The Hall–Kier alpha value is -3.16. The molecule has 166 valence electrons. The number of nitrogens with zero attached hydrogens (tertiary/aromatic N) is 1. The summed E-state index contributed by atoms with van der Waals surface area (Å²) in [5.74, 6) is 0.124. The third kappa shape index (κ3) is 3.92. The second-order valence-electron chi connectivity index (χ2n) is 8.19. The molecule has 2 heterocycles. The van der Waals surface area contributed by atoms with Crippen molar-refractivity contribution in [1.82, 2.24) is 9.97 Å². The molecule has 1 aliphatic rings. The van der Waals surface area contributed by atoms with Gasteiger partial charge < -0.3 is 15.0 Å². The number of anilines is 1. The van der Waals surface area contributed by atoms with Crippen LogP contribution in [0.25, 0.3) is 22.6 Å². The predicted molar refractivity (Wildman–Crippen MR) is 130 cm³/mol. The van der Waals surface area contributed by atoms with Crippen LogP contribution in [0.5, 0.6) is 5.75 Å². The van der Waals surface area contributed by atoms with Gasteiger partial charge in [-0.3, -0.25) is 4.79 Å². The highest BCUT2D eigenvalue weighted by atomic mass is 79.9. The molecule has 1 aliphatic heterocycles. The van der Waals surface area contributed by atoms with Crippen LogP contribution in [0.15, 0.2) is 65.1 Å². The zero-order chi connectivity index (χ0) is 23.3. The van der Waals surface area contributed by atoms with Gasteiger partial charge in [-0.2, -0.15) is 0 Å². The minimum atomic E-state index is -0.786. The number of carbonyl (C=O) groups is 1. The maximum Gasteiger partial charge on any atom is 0.255 e. The van der Waals surface area contributed by atoms with Crippen LogP contribution in [-0.4, -0.2) is 15.9 Å². The Labute approximate surface area is 203 Å². The van der Waals surface area contributed by atoms with Crippen molar-refractivity contribution in [1.29, 1.82) is 0 Å². The molecule has 33 heavy (non-hydrogen) atoms. The standard InChI is InChI=1S/C25H18BrClFN3O2/c1-25(2)22-21(30-23(31-22)20-17(27)4-3-5-18(20)28)16-11-6-13(12-19(16)33-25)24(32)29-15-9-7-14(26)8-10-15/h3-12H,1-2H3,(H,29,32)(H,30,31). The van der Waals surface area contributed by atoms with Crippen LogP contribution in [0.4, 0.5) is 10.1 Å². The lowest BCUT2D eigenvalue weighted by Gasteiger charge is -2.32. The molecule has 0 atom stereocenters. The fourth-order valence-electron chi connectivity index (χ4n) is 3.85. The smallest absolute Gasteiger partial charge is 0.255 e. The van der Waals surface area contributed by atoms with Gasteiger partial charge >= 0.3 is 0 Å². The zero-order valence-electron chi connectivity index (χ0n) is 17.7. The van der Waals surface area contributed by atoms with Crippen LogP contribution in [0.1, 0.15) is 29.9 Å². The number of hydrogen-bond donors (Lipinski definition) is 2. The van der Waals surface area contributed by atoms with Crippen molar-refractivity contribution in [2.45, 2.75) is 19.4 Å². The van der Waals surface area contributed by atoms with Gasteiger partial charge in [-0.1, -0.05) is 33.6 Å². The Morgan fingerprint density at radius 1 is 1.15 bits per heavy atom. The quantitative estimate of drug-likeness (QED) is 0.297. The van der Waals surface area contributed by atoms with E-state index in [-0.39, 0.29) is 16.5 Å². The van der Waals surface area contributed by atoms with Gasteiger partial charge in [-0.15, -0.1) is 0 Å². The summed E-state index contributed by atoms with van der Waals surface area (Å²) in [4.78, 5) is 20.7. The highest BCUT2D eigenvalue weighted by molar-refractivity contribution is 9.10. The summed E-state index contributed by atoms with van der Waals surface area (Å²) in [5, 5.41) is 3.14. The molecule has 1 aromatic heterocycles. The molecule has 5 nitrogen and oxygen atoms in total. The number of ether oxygens (including phenoxy) is 1. The van der Waals surface area contributed by atoms with E-state index in [0.717, 1.165) is 4.47 Å². The Morgan fingerprint density at radius 3 is 2.64 bits per heavy atom. The van der Waals surface area contributed by atoms with Crippen molar-refractivity contribution in [3.05, 3.63) is 87.2 Å². The lowest BCUT2D eigenvalue weighted by Crippen LogP contribution is -2.29. The minimum Gasteiger partial charge on any atom is -0.481 e. The molecule has 0 saturated heterocycles. The molecule has 2 N–H and O–H groups in total. The monoisotopic (exact) mass is 525 g/mol. The van der Waals surface area contributed by atoms with E-state index in [2.05, 4.69) is 31.2 Å². The van der Waals surface area contributed by atoms with Gasteiger partial charge in [0.15, 0.2) is 0 Å². The van der Waals surface area contributed by atoms with E-state index in [4.69, 9.17) is 16.3 Å². The minimum absolute atomic E-state index is 0.205. The number of nitrogens with one attached hydrogen (secondary N) is 2. The first-order valence-corrected chi connectivity index (χ1v) is 11.4. The highest BCUT2D eigenvalue weighted by Crippen LogP contribution is 2.45. The van der Waals surface area contributed by atoms with Crippen LogP contribution in [0.3, 0.4) is 0 Å². The highest BCUT2D eigenvalue weighted by Gasteiger charge is 2.37. The summed E-state index contributed by atoms with van der Waals surface area (Å²) in [6.45, 7) is 3.77. The number of imidazole rings is 1. The molecule has 0 bridgehead atoms. The molecule has 3 aromatic carbocycles. The van der Waals surface area contributed by atoms with Crippen molar-refractivity contribution >= 4 is 39.1 Å². The lowest BCUT2D eigenvalue weighted by atomic mass is 9.94. The van der Waals surface area contributed by atoms with E-state index in [1.54, 1.807) is 30.3 Å². The summed E-state index contributed by atoms with van der Waals surface area (Å²) in [7, 11) is 0. The first-order chi connectivity index (χ1) is 15.7. The van der Waals surface area contributed by atoms with E-state index in [9.17, 15) is 9.18 Å². The average molecular weight is 527 g/mol. The largest absolute Gasteiger partial charge is 0.481 e. The van der Waals surface area contributed by atoms with Crippen LogP contribution in [0, 0.1) is 5.82 Å². The van der Waals surface area contributed by atoms with Crippen molar-refractivity contribution < 1.29 is 13.9 Å². The van der Waals surface area contributed by atoms with E-state index < -0.39 is 11.4 Å². The molecule has 1 amide bonds. The number of halogens is 3. The van der Waals surface area contributed by atoms with E-state index in [1.165, 1.54) is 6.07 Å². The molecule has 0 aliphatic carbocycles. The van der Waals surface area contributed by atoms with Crippen LogP contribution < -0.4 is 10.1 Å². The maximum absolute atomic E-state index is 14.5. The normalized spacial score (nSPS) is 13.6. The molecule has 0 radical (unpaired) electrons. The van der Waals surface area contributed by atoms with Gasteiger partial charge in [-0.25, -0.2) is 9.37 Å². The van der Waals surface area contributed by atoms with Crippen LogP contribution >= 0.6 is 27.5 Å². The Bertz CT molecular complexity index is 1380. The molecule has 0 fully saturated rings. The molecule has 8 heteroatoms. The number of fused-ring (bicyclic) bond motifs is 3. The van der Waals surface area contributed by atoms with Crippen molar-refractivity contribution in [2.75, 3.05) is 5.32 Å². The zero-order valence-corrected chi connectivity index (χ0v) is 20.0. The van der Waals surface area contributed by atoms with Gasteiger partial charge in [0.1, 0.15) is 23.0 Å². The summed E-state index contributed by atoms with van der Waals surface area (Å²) in [5.41, 5.74) is 2.60. The second kappa shape index (κ2) is 8.01. The third-order valence-corrected chi connectivity index (χ3v) is 6.32. The fourth-order valence-corrected chi connectivity index (χ4v) is 4.37. The molecular formula is C25H18BrClFN3O2. The molecule has 0 unspecified atom stereocenters. The first-order valence-electron chi connectivity index (χ1n) is 10.2. The first kappa shape index (κ1) is 21.7. The summed E-state index contributed by atoms with van der Waals surface area (Å²) in [6.07, 6.45) is 0. The van der Waals surface area contributed by atoms with Gasteiger partial charge in [0, 0.05) is 21.3 Å². The number of amides is 1. The predicted octanol–water partition coefficient (Wildman–Crippen LogP) is 7.18. The van der Waals surface area contributed by atoms with Crippen molar-refractivity contribution in [2.24, 2.45) is 0 Å². The average Bonchev–Trinajstić information content (AvgIpc) is 3.21. The van der Waals surface area contributed by atoms with Crippen LogP contribution in [0.2, 0.25) is 5.02 Å². The van der Waals surface area contributed by atoms with Crippen molar-refractivity contribution in [3.63, 3.8) is 0 Å². The summed E-state index contributed by atoms with van der Waals surface area (Å²) < 4.78 is 21.7. The van der Waals surface area contributed by atoms with E-state index >= 15 is 0 Å². The van der Waals surface area contributed by atoms with Gasteiger partial charge in [-0.05, 0) is 68.4 Å². The SMILES string of the molecule is CC1(C)Oc2cc(C(=O)Nc3ccc(Br)cc3)ccc2-c2nc(-c3c(F)cccc3Cl)[nH]c21. The van der Waals surface area contributed by atoms with Gasteiger partial charge in [0.05, 0.1) is 22.0 Å². The topological polar surface area (TPSA) is 67.0 Å². The number of H-pyrrole nitrogens is 1. The molecule has 5 rings (SSSR count). The molecule has 0 saturated carbocycles. The molecule has 4 aromatic rings. The van der Waals surface area contributed by atoms with E-state index in [0.29, 0.717) is 39.8 Å². The fraction of sp³-hybridized carbons (Fsp3) is 0.120. The summed E-state index contributed by atoms with van der Waals surface area (Å²) in [6, 6.07) is 17.0. The molecular weight excluding hydrogens is 509 g/mol. The van der Waals surface area contributed by atoms with Gasteiger partial charge in [0.25, 0.3) is 5.91 Å². The lowest BCUT2D eigenvalue weighted by molar-refractivity contribution is 0.0985. The number of rotatable bonds is 3. The Kier molecular flexibility index (Phi) is 5.26.